The Morgan fingerprint density at radius 3 is 2.28 bits per heavy atom. The zero-order valence-corrected chi connectivity index (χ0v) is 14.0. The predicted octanol–water partition coefficient (Wildman–Crippen LogP) is 5.19. The second kappa shape index (κ2) is 8.05. The molecule has 1 radical (unpaired) electrons. The average Bonchev–Trinajstić information content (AvgIpc) is 2.57. The summed E-state index contributed by atoms with van der Waals surface area (Å²) in [6.45, 7) is 4.12. The molecule has 2 aromatic carbocycles. The Bertz CT molecular complexity index is 711. The number of hydrogen-bond donors (Lipinski definition) is 1. The Kier molecular flexibility index (Phi) is 6.07. The van der Waals surface area contributed by atoms with E-state index < -0.39 is 17.8 Å². The van der Waals surface area contributed by atoms with E-state index in [1.54, 1.807) is 37.3 Å². The molecular formula is C19H19F3NO2. The Morgan fingerprint density at radius 2 is 1.72 bits per heavy atom. The molecule has 0 aromatic heterocycles. The van der Waals surface area contributed by atoms with Gasteiger partial charge in [-0.15, -0.1) is 0 Å². The minimum Gasteiger partial charge on any atom is -0.410 e. The Labute approximate surface area is 144 Å². The number of halogens is 3. The molecule has 0 bridgehead atoms. The molecule has 0 unspecified atom stereocenters. The van der Waals surface area contributed by atoms with Gasteiger partial charge in [0.2, 0.25) is 0 Å². The Morgan fingerprint density at radius 1 is 1.04 bits per heavy atom. The van der Waals surface area contributed by atoms with Crippen molar-refractivity contribution in [2.45, 2.75) is 26.4 Å². The van der Waals surface area contributed by atoms with Gasteiger partial charge in [-0.3, -0.25) is 0 Å². The number of rotatable bonds is 5. The second-order valence-corrected chi connectivity index (χ2v) is 5.35. The summed E-state index contributed by atoms with van der Waals surface area (Å²) >= 11 is 0. The molecule has 2 aromatic rings. The van der Waals surface area contributed by atoms with Crippen molar-refractivity contribution in [2.75, 3.05) is 6.54 Å². The van der Waals surface area contributed by atoms with Gasteiger partial charge in [0.05, 0.1) is 5.56 Å². The molecule has 1 N–H and O–H groups in total. The van der Waals surface area contributed by atoms with Crippen molar-refractivity contribution in [3.63, 3.8) is 0 Å². The topological polar surface area (TPSA) is 38.3 Å². The van der Waals surface area contributed by atoms with Gasteiger partial charge in [-0.2, -0.15) is 13.2 Å². The summed E-state index contributed by atoms with van der Waals surface area (Å²) in [5.74, 6) is 1.16. The van der Waals surface area contributed by atoms with Crippen LogP contribution in [0.15, 0.2) is 48.5 Å². The van der Waals surface area contributed by atoms with Crippen molar-refractivity contribution in [3.8, 4) is 5.75 Å². The van der Waals surface area contributed by atoms with Crippen molar-refractivity contribution < 1.29 is 22.7 Å². The van der Waals surface area contributed by atoms with E-state index in [9.17, 15) is 18.0 Å². The van der Waals surface area contributed by atoms with E-state index in [0.29, 0.717) is 24.3 Å². The lowest BCUT2D eigenvalue weighted by Gasteiger charge is -2.17. The maximum absolute atomic E-state index is 12.9. The maximum Gasteiger partial charge on any atom is 0.416 e. The summed E-state index contributed by atoms with van der Waals surface area (Å²) in [6, 6.07) is 12.0. The second-order valence-electron chi connectivity index (χ2n) is 5.35. The maximum atomic E-state index is 12.9. The molecule has 6 heteroatoms. The zero-order valence-electron chi connectivity index (χ0n) is 14.0. The van der Waals surface area contributed by atoms with Crippen molar-refractivity contribution in [1.29, 1.82) is 0 Å². The van der Waals surface area contributed by atoms with Crippen molar-refractivity contribution in [2.24, 2.45) is 0 Å². The van der Waals surface area contributed by atoms with E-state index in [0.717, 1.165) is 23.6 Å². The number of alkyl halides is 3. The molecular weight excluding hydrogens is 331 g/mol. The molecule has 133 valence electrons. The molecule has 0 aliphatic rings. The first-order chi connectivity index (χ1) is 11.8. The Balaban J connectivity index is 2.22. The van der Waals surface area contributed by atoms with Crippen LogP contribution in [-0.2, 0) is 6.18 Å². The van der Waals surface area contributed by atoms with Crippen LogP contribution in [0.25, 0.3) is 0 Å². The third-order valence-electron chi connectivity index (χ3n) is 3.63. The number of carbonyl (C=O) groups is 1. The molecule has 2 rings (SSSR count). The fourth-order valence-electron chi connectivity index (χ4n) is 2.47. The number of amides is 1. The first kappa shape index (κ1) is 18.8. The predicted molar refractivity (Wildman–Crippen MR) is 89.3 cm³/mol. The zero-order chi connectivity index (χ0) is 18.4. The van der Waals surface area contributed by atoms with Gasteiger partial charge in [-0.1, -0.05) is 37.3 Å². The average molecular weight is 350 g/mol. The van der Waals surface area contributed by atoms with Crippen LogP contribution < -0.4 is 10.1 Å². The third-order valence-corrected chi connectivity index (χ3v) is 3.63. The summed E-state index contributed by atoms with van der Waals surface area (Å²) in [6.07, 6.45) is -4.36. The fourth-order valence-corrected chi connectivity index (χ4v) is 2.47. The molecule has 0 aliphatic carbocycles. The third kappa shape index (κ3) is 4.98. The van der Waals surface area contributed by atoms with E-state index in [1.165, 1.54) is 6.07 Å². The molecule has 0 aliphatic heterocycles. The van der Waals surface area contributed by atoms with Crippen LogP contribution >= 0.6 is 0 Å². The normalized spacial score (nSPS) is 11.4. The highest BCUT2D eigenvalue weighted by Gasteiger charge is 2.31. The van der Waals surface area contributed by atoms with Crippen LogP contribution in [-0.4, -0.2) is 12.6 Å². The monoisotopic (exact) mass is 350 g/mol. The van der Waals surface area contributed by atoms with E-state index in [4.69, 9.17) is 4.74 Å². The minimum absolute atomic E-state index is 0.370. The number of ether oxygens (including phenoxy) is 1. The van der Waals surface area contributed by atoms with Crippen molar-refractivity contribution >= 4 is 6.09 Å². The molecule has 0 heterocycles. The minimum atomic E-state index is -4.38. The van der Waals surface area contributed by atoms with Crippen LogP contribution in [0.4, 0.5) is 18.0 Å². The quantitative estimate of drug-likeness (QED) is 0.805. The summed E-state index contributed by atoms with van der Waals surface area (Å²) in [5, 5.41) is 2.52. The first-order valence-corrected chi connectivity index (χ1v) is 7.94. The van der Waals surface area contributed by atoms with Crippen molar-refractivity contribution in [1.82, 2.24) is 5.32 Å². The molecule has 25 heavy (non-hydrogen) atoms. The van der Waals surface area contributed by atoms with Crippen LogP contribution in [0.2, 0.25) is 0 Å². The summed E-state index contributed by atoms with van der Waals surface area (Å²) in [4.78, 5) is 11.4. The lowest BCUT2D eigenvalue weighted by atomic mass is 9.88. The number of benzene rings is 2. The smallest absolute Gasteiger partial charge is 0.410 e. The van der Waals surface area contributed by atoms with E-state index >= 15 is 0 Å². The van der Waals surface area contributed by atoms with Gasteiger partial charge in [0.15, 0.2) is 0 Å². The number of carbonyl (C=O) groups excluding carboxylic acids is 1. The molecule has 0 fully saturated rings. The van der Waals surface area contributed by atoms with Crippen LogP contribution in [0.3, 0.4) is 0 Å². The SMILES string of the molecule is CCNC(=O)Oc1ccc([C](CC)c2cccc(C(F)(F)F)c2)cc1. The summed E-state index contributed by atoms with van der Waals surface area (Å²) < 4.78 is 43.8. The molecule has 0 saturated heterocycles. The fraction of sp³-hybridized carbons (Fsp3) is 0.263. The van der Waals surface area contributed by atoms with Gasteiger partial charge >= 0.3 is 12.3 Å². The van der Waals surface area contributed by atoms with E-state index in [2.05, 4.69) is 5.32 Å². The van der Waals surface area contributed by atoms with Gasteiger partial charge in [-0.05, 0) is 42.7 Å². The molecule has 0 atom stereocenters. The van der Waals surface area contributed by atoms with Gasteiger partial charge in [-0.25, -0.2) is 4.79 Å². The van der Waals surface area contributed by atoms with Gasteiger partial charge in [0.25, 0.3) is 0 Å². The highest BCUT2D eigenvalue weighted by molar-refractivity contribution is 5.70. The Hall–Kier alpha value is -2.50. The molecule has 3 nitrogen and oxygen atoms in total. The summed E-state index contributed by atoms with van der Waals surface area (Å²) in [7, 11) is 0. The standard InChI is InChI=1S/C19H19F3NO2/c1-3-17(14-6-5-7-15(12-14)19(20,21)22)13-8-10-16(11-9-13)25-18(24)23-4-2/h5-12H,3-4H2,1-2H3,(H,23,24). The van der Waals surface area contributed by atoms with Crippen LogP contribution in [0.1, 0.15) is 37.0 Å². The molecule has 0 spiro atoms. The van der Waals surface area contributed by atoms with Gasteiger partial charge in [0.1, 0.15) is 5.75 Å². The first-order valence-electron chi connectivity index (χ1n) is 7.94. The van der Waals surface area contributed by atoms with E-state index in [1.807, 2.05) is 6.92 Å². The van der Waals surface area contributed by atoms with Crippen LogP contribution in [0, 0.1) is 5.92 Å². The lowest BCUT2D eigenvalue weighted by molar-refractivity contribution is -0.137. The highest BCUT2D eigenvalue weighted by atomic mass is 19.4. The number of nitrogens with one attached hydrogen (secondary N) is 1. The van der Waals surface area contributed by atoms with Gasteiger partial charge in [0, 0.05) is 12.5 Å². The lowest BCUT2D eigenvalue weighted by Crippen LogP contribution is -2.26. The molecule has 1 amide bonds. The largest absolute Gasteiger partial charge is 0.416 e. The van der Waals surface area contributed by atoms with Gasteiger partial charge < -0.3 is 10.1 Å². The highest BCUT2D eigenvalue weighted by Crippen LogP contribution is 2.34. The van der Waals surface area contributed by atoms with Crippen LogP contribution in [0.5, 0.6) is 5.75 Å². The number of hydrogen-bond acceptors (Lipinski definition) is 2. The van der Waals surface area contributed by atoms with Crippen molar-refractivity contribution in [3.05, 3.63) is 71.1 Å². The summed E-state index contributed by atoms with van der Waals surface area (Å²) in [5.41, 5.74) is 0.631. The molecule has 0 saturated carbocycles. The van der Waals surface area contributed by atoms with E-state index in [-0.39, 0.29) is 0 Å².